The first-order valence-electron chi connectivity index (χ1n) is 8.17. The van der Waals surface area contributed by atoms with Crippen LogP contribution in [0, 0.1) is 18.3 Å². The molecule has 1 amide bonds. The molecule has 0 aliphatic rings. The molecule has 4 nitrogen and oxygen atoms in total. The maximum atomic E-state index is 12.4. The number of aryl methyl sites for hydroxylation is 1. The molecular weight excluding hydrogens is 415 g/mol. The molecule has 3 aromatic rings. The van der Waals surface area contributed by atoms with Crippen molar-refractivity contribution in [2.24, 2.45) is 0 Å². The molecule has 0 bridgehead atoms. The van der Waals surface area contributed by atoms with Crippen LogP contribution in [-0.2, 0) is 4.79 Å². The molecule has 140 valence electrons. The number of halogens is 2. The van der Waals surface area contributed by atoms with Crippen molar-refractivity contribution in [3.63, 3.8) is 0 Å². The number of nitrogens with zero attached hydrogens (tertiary/aromatic N) is 1. The Morgan fingerprint density at radius 3 is 2.57 bits per heavy atom. The molecule has 2 aromatic carbocycles. The van der Waals surface area contributed by atoms with Crippen LogP contribution in [0.2, 0.25) is 10.0 Å². The van der Waals surface area contributed by atoms with E-state index in [-0.39, 0.29) is 10.6 Å². The Labute approximate surface area is 176 Å². The van der Waals surface area contributed by atoms with E-state index in [9.17, 15) is 10.1 Å². The van der Waals surface area contributed by atoms with Crippen LogP contribution >= 0.6 is 35.0 Å². The SMILES string of the molecule is Cc1ccc(Sc2ccc(/C=C(/C#N)C(=O)Nc3ccc(Cl)cc3Cl)o2)cc1. The van der Waals surface area contributed by atoms with Gasteiger partial charge in [0.15, 0.2) is 5.09 Å². The fourth-order valence-corrected chi connectivity index (χ4v) is 3.49. The van der Waals surface area contributed by atoms with Gasteiger partial charge in [-0.25, -0.2) is 0 Å². The average molecular weight is 429 g/mol. The fraction of sp³-hybridized carbons (Fsp3) is 0.0476. The van der Waals surface area contributed by atoms with Crippen LogP contribution in [-0.4, -0.2) is 5.91 Å². The molecule has 1 aromatic heterocycles. The number of carbonyl (C=O) groups excluding carboxylic acids is 1. The molecule has 0 unspecified atom stereocenters. The molecule has 1 N–H and O–H groups in total. The van der Waals surface area contributed by atoms with Gasteiger partial charge in [0.1, 0.15) is 17.4 Å². The predicted octanol–water partition coefficient (Wildman–Crippen LogP) is 6.59. The van der Waals surface area contributed by atoms with Crippen molar-refractivity contribution in [3.05, 3.63) is 81.5 Å². The van der Waals surface area contributed by atoms with Gasteiger partial charge in [0.05, 0.1) is 10.7 Å². The van der Waals surface area contributed by atoms with Crippen LogP contribution in [0.4, 0.5) is 5.69 Å². The van der Waals surface area contributed by atoms with E-state index >= 15 is 0 Å². The summed E-state index contributed by atoms with van der Waals surface area (Å²) in [4.78, 5) is 13.4. The summed E-state index contributed by atoms with van der Waals surface area (Å²) in [5.74, 6) is -0.181. The highest BCUT2D eigenvalue weighted by atomic mass is 35.5. The molecule has 0 spiro atoms. The predicted molar refractivity (Wildman–Crippen MR) is 113 cm³/mol. The summed E-state index contributed by atoms with van der Waals surface area (Å²) in [5, 5.41) is 13.3. The monoisotopic (exact) mass is 428 g/mol. The van der Waals surface area contributed by atoms with E-state index in [0.29, 0.717) is 21.6 Å². The number of rotatable bonds is 5. The number of nitriles is 1. The number of nitrogens with one attached hydrogen (secondary N) is 1. The lowest BCUT2D eigenvalue weighted by molar-refractivity contribution is -0.112. The third kappa shape index (κ3) is 5.20. The topological polar surface area (TPSA) is 66.0 Å². The zero-order chi connectivity index (χ0) is 20.1. The Bertz CT molecular complexity index is 1080. The molecule has 0 atom stereocenters. The first-order valence-corrected chi connectivity index (χ1v) is 9.74. The summed E-state index contributed by atoms with van der Waals surface area (Å²) in [6, 6.07) is 18.1. The van der Waals surface area contributed by atoms with Gasteiger partial charge in [-0.05, 0) is 49.4 Å². The maximum Gasteiger partial charge on any atom is 0.266 e. The van der Waals surface area contributed by atoms with Gasteiger partial charge in [-0.2, -0.15) is 5.26 Å². The van der Waals surface area contributed by atoms with Crippen molar-refractivity contribution in [1.29, 1.82) is 5.26 Å². The second-order valence-electron chi connectivity index (χ2n) is 5.82. The molecule has 0 aliphatic carbocycles. The second kappa shape index (κ2) is 9.03. The normalized spacial score (nSPS) is 11.1. The van der Waals surface area contributed by atoms with Gasteiger partial charge in [-0.3, -0.25) is 4.79 Å². The van der Waals surface area contributed by atoms with Gasteiger partial charge in [0.2, 0.25) is 0 Å². The van der Waals surface area contributed by atoms with Crippen molar-refractivity contribution < 1.29 is 9.21 Å². The Hall–Kier alpha value is -2.65. The van der Waals surface area contributed by atoms with Gasteiger partial charge in [-0.1, -0.05) is 52.7 Å². The van der Waals surface area contributed by atoms with Crippen LogP contribution < -0.4 is 5.32 Å². The Morgan fingerprint density at radius 2 is 1.89 bits per heavy atom. The van der Waals surface area contributed by atoms with Gasteiger partial charge >= 0.3 is 0 Å². The molecule has 28 heavy (non-hydrogen) atoms. The van der Waals surface area contributed by atoms with Crippen LogP contribution in [0.5, 0.6) is 0 Å². The number of anilines is 1. The minimum Gasteiger partial charge on any atom is -0.450 e. The Balaban J connectivity index is 1.73. The van der Waals surface area contributed by atoms with E-state index in [1.807, 2.05) is 37.3 Å². The summed E-state index contributed by atoms with van der Waals surface area (Å²) in [6.45, 7) is 2.02. The minimum atomic E-state index is -0.587. The van der Waals surface area contributed by atoms with Crippen LogP contribution in [0.3, 0.4) is 0 Å². The van der Waals surface area contributed by atoms with Gasteiger partial charge in [0.25, 0.3) is 5.91 Å². The molecular formula is C21H14Cl2N2O2S. The first-order chi connectivity index (χ1) is 13.4. The van der Waals surface area contributed by atoms with Gasteiger partial charge in [0, 0.05) is 16.0 Å². The quantitative estimate of drug-likeness (QED) is 0.367. The van der Waals surface area contributed by atoms with Crippen molar-refractivity contribution in [3.8, 4) is 6.07 Å². The van der Waals surface area contributed by atoms with E-state index in [2.05, 4.69) is 5.32 Å². The Kier molecular flexibility index (Phi) is 6.48. The fourth-order valence-electron chi connectivity index (χ4n) is 2.26. The highest BCUT2D eigenvalue weighted by Gasteiger charge is 2.13. The van der Waals surface area contributed by atoms with Crippen molar-refractivity contribution >= 4 is 52.6 Å². The van der Waals surface area contributed by atoms with E-state index in [4.69, 9.17) is 27.6 Å². The standard InChI is InChI=1S/C21H14Cl2N2O2S/c1-13-2-6-17(7-3-13)28-20-9-5-16(27-20)10-14(12-24)21(26)25-19-8-4-15(22)11-18(19)23/h2-11H,1H3,(H,25,26)/b14-10-. The lowest BCUT2D eigenvalue weighted by Crippen LogP contribution is -2.13. The summed E-state index contributed by atoms with van der Waals surface area (Å²) < 4.78 is 5.70. The summed E-state index contributed by atoms with van der Waals surface area (Å²) >= 11 is 13.3. The number of hydrogen-bond donors (Lipinski definition) is 1. The molecule has 0 radical (unpaired) electrons. The molecule has 0 fully saturated rings. The van der Waals surface area contributed by atoms with Gasteiger partial charge < -0.3 is 9.73 Å². The minimum absolute atomic E-state index is 0.104. The van der Waals surface area contributed by atoms with Crippen LogP contribution in [0.1, 0.15) is 11.3 Å². The molecule has 7 heteroatoms. The van der Waals surface area contributed by atoms with E-state index in [0.717, 1.165) is 4.90 Å². The smallest absolute Gasteiger partial charge is 0.266 e. The van der Waals surface area contributed by atoms with Crippen molar-refractivity contribution in [2.45, 2.75) is 16.9 Å². The number of carbonyl (C=O) groups is 1. The largest absolute Gasteiger partial charge is 0.450 e. The molecule has 0 aliphatic heterocycles. The van der Waals surface area contributed by atoms with E-state index in [1.54, 1.807) is 24.3 Å². The first kappa shape index (κ1) is 20.1. The number of hydrogen-bond acceptors (Lipinski definition) is 4. The molecule has 1 heterocycles. The van der Waals surface area contributed by atoms with E-state index in [1.165, 1.54) is 29.5 Å². The number of benzene rings is 2. The van der Waals surface area contributed by atoms with Gasteiger partial charge in [-0.15, -0.1) is 0 Å². The van der Waals surface area contributed by atoms with Crippen molar-refractivity contribution in [2.75, 3.05) is 5.32 Å². The zero-order valence-electron chi connectivity index (χ0n) is 14.7. The molecule has 3 rings (SSSR count). The van der Waals surface area contributed by atoms with E-state index < -0.39 is 5.91 Å². The third-order valence-electron chi connectivity index (χ3n) is 3.67. The summed E-state index contributed by atoms with van der Waals surface area (Å²) in [7, 11) is 0. The third-order valence-corrected chi connectivity index (χ3v) is 5.15. The molecule has 0 saturated carbocycles. The van der Waals surface area contributed by atoms with Crippen LogP contribution in [0.25, 0.3) is 6.08 Å². The van der Waals surface area contributed by atoms with Crippen molar-refractivity contribution in [1.82, 2.24) is 0 Å². The van der Waals surface area contributed by atoms with Crippen LogP contribution in [0.15, 0.2) is 74.6 Å². The lowest BCUT2D eigenvalue weighted by Gasteiger charge is -2.06. The Morgan fingerprint density at radius 1 is 1.14 bits per heavy atom. The average Bonchev–Trinajstić information content (AvgIpc) is 3.11. The molecule has 0 saturated heterocycles. The lowest BCUT2D eigenvalue weighted by atomic mass is 10.2. The number of amides is 1. The number of furan rings is 1. The summed E-state index contributed by atoms with van der Waals surface area (Å²) in [6.07, 6.45) is 1.39. The highest BCUT2D eigenvalue weighted by Crippen LogP contribution is 2.30. The second-order valence-corrected chi connectivity index (χ2v) is 7.74. The maximum absolute atomic E-state index is 12.4. The highest BCUT2D eigenvalue weighted by molar-refractivity contribution is 7.99. The zero-order valence-corrected chi connectivity index (χ0v) is 17.0. The summed E-state index contributed by atoms with van der Waals surface area (Å²) in [5.41, 5.74) is 1.44.